The van der Waals surface area contributed by atoms with Crippen molar-refractivity contribution in [2.45, 2.75) is 5.92 Å². The molecule has 1 atom stereocenters. The van der Waals surface area contributed by atoms with Gasteiger partial charge in [-0.3, -0.25) is 0 Å². The topological polar surface area (TPSA) is 77.8 Å². The molecule has 2 aromatic carbocycles. The van der Waals surface area contributed by atoms with Gasteiger partial charge in [0.15, 0.2) is 0 Å². The monoisotopic (exact) mass is 292 g/mol. The van der Waals surface area contributed by atoms with Gasteiger partial charge in [-0.25, -0.2) is 9.37 Å². The van der Waals surface area contributed by atoms with Gasteiger partial charge in [0, 0.05) is 5.56 Å². The van der Waals surface area contributed by atoms with Gasteiger partial charge in [-0.15, -0.1) is 0 Å². The molecule has 4 nitrogen and oxygen atoms in total. The highest BCUT2D eigenvalue weighted by Gasteiger charge is 2.33. The number of nitrogens with two attached hydrogens (primary N) is 2. The first-order chi connectivity index (χ1) is 10.6. The van der Waals surface area contributed by atoms with Gasteiger partial charge in [0.05, 0.1) is 11.6 Å². The van der Waals surface area contributed by atoms with E-state index in [-0.39, 0.29) is 17.7 Å². The highest BCUT2D eigenvalue weighted by molar-refractivity contribution is 5.86. The molecule has 22 heavy (non-hydrogen) atoms. The SMILES string of the molecule is Nc1nc(N)c2c(n1)C(c1ccc(F)cc1)c1ccccc1-2. The Morgan fingerprint density at radius 1 is 0.909 bits per heavy atom. The van der Waals surface area contributed by atoms with Gasteiger partial charge < -0.3 is 11.5 Å². The number of rotatable bonds is 1. The van der Waals surface area contributed by atoms with E-state index in [0.29, 0.717) is 5.82 Å². The third kappa shape index (κ3) is 1.75. The number of fused-ring (bicyclic) bond motifs is 3. The van der Waals surface area contributed by atoms with Crippen LogP contribution in [0.1, 0.15) is 22.7 Å². The van der Waals surface area contributed by atoms with Gasteiger partial charge in [-0.2, -0.15) is 4.98 Å². The normalized spacial score (nSPS) is 15.4. The van der Waals surface area contributed by atoms with Gasteiger partial charge in [0.25, 0.3) is 0 Å². The van der Waals surface area contributed by atoms with Gasteiger partial charge in [-0.05, 0) is 28.8 Å². The van der Waals surface area contributed by atoms with Crippen molar-refractivity contribution in [3.05, 3.63) is 71.2 Å². The minimum absolute atomic E-state index is 0.112. The van der Waals surface area contributed by atoms with Crippen LogP contribution in [-0.2, 0) is 0 Å². The van der Waals surface area contributed by atoms with Gasteiger partial charge in [0.1, 0.15) is 11.6 Å². The van der Waals surface area contributed by atoms with Crippen LogP contribution >= 0.6 is 0 Å². The van der Waals surface area contributed by atoms with Crippen molar-refractivity contribution >= 4 is 11.8 Å². The molecule has 0 radical (unpaired) electrons. The average Bonchev–Trinajstić information content (AvgIpc) is 2.82. The molecule has 0 spiro atoms. The molecule has 3 aromatic rings. The summed E-state index contributed by atoms with van der Waals surface area (Å²) < 4.78 is 13.2. The largest absolute Gasteiger partial charge is 0.383 e. The van der Waals surface area contributed by atoms with E-state index in [4.69, 9.17) is 11.5 Å². The standard InChI is InChI=1S/C17H13FN4/c18-10-7-5-9(6-8-10)13-11-3-1-2-4-12(11)14-15(13)21-17(20)22-16(14)19/h1-8,13H,(H4,19,20,21,22). The minimum atomic E-state index is -0.267. The number of benzene rings is 2. The van der Waals surface area contributed by atoms with E-state index in [0.717, 1.165) is 27.9 Å². The van der Waals surface area contributed by atoms with Crippen molar-refractivity contribution in [1.29, 1.82) is 0 Å². The lowest BCUT2D eigenvalue weighted by Crippen LogP contribution is -2.07. The Labute approximate surface area is 126 Å². The summed E-state index contributed by atoms with van der Waals surface area (Å²) in [7, 11) is 0. The molecule has 1 aliphatic rings. The first-order valence-electron chi connectivity index (χ1n) is 6.93. The van der Waals surface area contributed by atoms with Crippen molar-refractivity contribution < 1.29 is 4.39 Å². The number of halogens is 1. The molecule has 0 bridgehead atoms. The Balaban J connectivity index is 2.02. The van der Waals surface area contributed by atoms with E-state index in [1.54, 1.807) is 12.1 Å². The van der Waals surface area contributed by atoms with Crippen molar-refractivity contribution in [2.75, 3.05) is 11.5 Å². The molecule has 1 heterocycles. The van der Waals surface area contributed by atoms with Crippen LogP contribution < -0.4 is 11.5 Å². The smallest absolute Gasteiger partial charge is 0.222 e. The lowest BCUT2D eigenvalue weighted by Gasteiger charge is -2.13. The number of anilines is 2. The van der Waals surface area contributed by atoms with Crippen LogP contribution in [0.2, 0.25) is 0 Å². The van der Waals surface area contributed by atoms with Crippen LogP contribution in [0.25, 0.3) is 11.1 Å². The summed E-state index contributed by atoms with van der Waals surface area (Å²) in [4.78, 5) is 8.47. The number of hydrogen-bond acceptors (Lipinski definition) is 4. The van der Waals surface area contributed by atoms with Crippen LogP contribution in [0.3, 0.4) is 0 Å². The highest BCUT2D eigenvalue weighted by atomic mass is 19.1. The molecule has 1 aliphatic carbocycles. The molecule has 5 heteroatoms. The molecule has 0 fully saturated rings. The van der Waals surface area contributed by atoms with Crippen LogP contribution in [0.15, 0.2) is 48.5 Å². The average molecular weight is 292 g/mol. The Morgan fingerprint density at radius 3 is 2.41 bits per heavy atom. The second-order valence-corrected chi connectivity index (χ2v) is 5.30. The molecule has 4 N–H and O–H groups in total. The number of hydrogen-bond donors (Lipinski definition) is 2. The molecule has 0 amide bonds. The maximum Gasteiger partial charge on any atom is 0.222 e. The fraction of sp³-hybridized carbons (Fsp3) is 0.0588. The van der Waals surface area contributed by atoms with Crippen molar-refractivity contribution in [1.82, 2.24) is 9.97 Å². The first-order valence-corrected chi connectivity index (χ1v) is 6.93. The molecule has 1 unspecified atom stereocenters. The maximum atomic E-state index is 13.2. The number of nitrogens with zero attached hydrogens (tertiary/aromatic N) is 2. The molecule has 0 aliphatic heterocycles. The molecule has 4 rings (SSSR count). The van der Waals surface area contributed by atoms with Crippen LogP contribution in [-0.4, -0.2) is 9.97 Å². The van der Waals surface area contributed by atoms with E-state index in [1.807, 2.05) is 24.3 Å². The first kappa shape index (κ1) is 12.8. The Bertz CT molecular complexity index is 874. The summed E-state index contributed by atoms with van der Waals surface area (Å²) in [6.07, 6.45) is 0. The van der Waals surface area contributed by atoms with E-state index in [2.05, 4.69) is 9.97 Å². The highest BCUT2D eigenvalue weighted by Crippen LogP contribution is 2.48. The zero-order valence-electron chi connectivity index (χ0n) is 11.6. The van der Waals surface area contributed by atoms with Gasteiger partial charge >= 0.3 is 0 Å². The van der Waals surface area contributed by atoms with Gasteiger partial charge in [-0.1, -0.05) is 36.4 Å². The van der Waals surface area contributed by atoms with E-state index >= 15 is 0 Å². The Morgan fingerprint density at radius 2 is 1.64 bits per heavy atom. The predicted octanol–water partition coefficient (Wildman–Crippen LogP) is 2.94. The summed E-state index contributed by atoms with van der Waals surface area (Å²) in [5, 5.41) is 0. The predicted molar refractivity (Wildman–Crippen MR) is 83.6 cm³/mol. The number of nitrogen functional groups attached to an aromatic ring is 2. The lowest BCUT2D eigenvalue weighted by molar-refractivity contribution is 0.627. The third-order valence-corrected chi connectivity index (χ3v) is 4.00. The molecule has 108 valence electrons. The summed E-state index contributed by atoms with van der Waals surface area (Å²) in [6, 6.07) is 14.4. The van der Waals surface area contributed by atoms with Gasteiger partial charge in [0.2, 0.25) is 5.95 Å². The quantitative estimate of drug-likeness (QED) is 0.565. The summed E-state index contributed by atoms with van der Waals surface area (Å²) >= 11 is 0. The third-order valence-electron chi connectivity index (χ3n) is 4.00. The minimum Gasteiger partial charge on any atom is -0.383 e. The summed E-state index contributed by atoms with van der Waals surface area (Å²) in [5.74, 6) is 0.145. The van der Waals surface area contributed by atoms with E-state index in [9.17, 15) is 4.39 Å². The fourth-order valence-electron chi connectivity index (χ4n) is 3.12. The Kier molecular flexibility index (Phi) is 2.63. The van der Waals surface area contributed by atoms with E-state index in [1.165, 1.54) is 12.1 Å². The van der Waals surface area contributed by atoms with Crippen molar-refractivity contribution in [3.8, 4) is 11.1 Å². The molecule has 0 saturated carbocycles. The molecular weight excluding hydrogens is 279 g/mol. The zero-order chi connectivity index (χ0) is 15.3. The van der Waals surface area contributed by atoms with Crippen LogP contribution in [0.5, 0.6) is 0 Å². The maximum absolute atomic E-state index is 13.2. The van der Waals surface area contributed by atoms with Crippen molar-refractivity contribution in [2.24, 2.45) is 0 Å². The molecule has 1 aromatic heterocycles. The lowest BCUT2D eigenvalue weighted by atomic mass is 9.92. The zero-order valence-corrected chi connectivity index (χ0v) is 11.6. The second kappa shape index (κ2) is 4.53. The summed E-state index contributed by atoms with van der Waals surface area (Å²) in [5.41, 5.74) is 16.5. The van der Waals surface area contributed by atoms with Crippen LogP contribution in [0.4, 0.5) is 16.2 Å². The Hall–Kier alpha value is -2.95. The number of aromatic nitrogens is 2. The second-order valence-electron chi connectivity index (χ2n) is 5.30. The molecule has 0 saturated heterocycles. The molecular formula is C17H13FN4. The van der Waals surface area contributed by atoms with Crippen LogP contribution in [0, 0.1) is 5.82 Å². The van der Waals surface area contributed by atoms with E-state index < -0.39 is 0 Å². The summed E-state index contributed by atoms with van der Waals surface area (Å²) in [6.45, 7) is 0. The fourth-order valence-corrected chi connectivity index (χ4v) is 3.12. The van der Waals surface area contributed by atoms with Crippen molar-refractivity contribution in [3.63, 3.8) is 0 Å².